The van der Waals surface area contributed by atoms with Crippen LogP contribution in [0.4, 0.5) is 4.39 Å². The Kier molecular flexibility index (Phi) is 4.23. The van der Waals surface area contributed by atoms with Crippen molar-refractivity contribution in [1.82, 2.24) is 5.32 Å². The first kappa shape index (κ1) is 14.0. The Balaban J connectivity index is 1.98. The SMILES string of the molecule is CCC(CC)C(=O)NCC1(c2cccc(F)c2)CC1. The van der Waals surface area contributed by atoms with Gasteiger partial charge in [0.15, 0.2) is 0 Å². The van der Waals surface area contributed by atoms with Gasteiger partial charge in [-0.25, -0.2) is 4.39 Å². The molecule has 1 aromatic carbocycles. The van der Waals surface area contributed by atoms with Crippen LogP contribution < -0.4 is 5.32 Å². The van der Waals surface area contributed by atoms with Gasteiger partial charge in [0.25, 0.3) is 0 Å². The highest BCUT2D eigenvalue weighted by molar-refractivity contribution is 5.78. The van der Waals surface area contributed by atoms with Gasteiger partial charge in [-0.15, -0.1) is 0 Å². The van der Waals surface area contributed by atoms with E-state index in [0.717, 1.165) is 31.2 Å². The van der Waals surface area contributed by atoms with Crippen LogP contribution in [0.25, 0.3) is 0 Å². The fraction of sp³-hybridized carbons (Fsp3) is 0.562. The van der Waals surface area contributed by atoms with Crippen LogP contribution in [0.3, 0.4) is 0 Å². The summed E-state index contributed by atoms with van der Waals surface area (Å²) < 4.78 is 13.3. The maximum absolute atomic E-state index is 13.3. The van der Waals surface area contributed by atoms with Gasteiger partial charge in [-0.2, -0.15) is 0 Å². The minimum absolute atomic E-state index is 0.0240. The average molecular weight is 263 g/mol. The monoisotopic (exact) mass is 263 g/mol. The second-order valence-corrected chi connectivity index (χ2v) is 5.52. The highest BCUT2D eigenvalue weighted by atomic mass is 19.1. The van der Waals surface area contributed by atoms with E-state index in [1.165, 1.54) is 6.07 Å². The van der Waals surface area contributed by atoms with Crippen LogP contribution in [-0.4, -0.2) is 12.5 Å². The van der Waals surface area contributed by atoms with Crippen molar-refractivity contribution in [2.24, 2.45) is 5.92 Å². The first-order valence-corrected chi connectivity index (χ1v) is 7.15. The smallest absolute Gasteiger partial charge is 0.223 e. The second-order valence-electron chi connectivity index (χ2n) is 5.52. The van der Waals surface area contributed by atoms with Crippen molar-refractivity contribution in [1.29, 1.82) is 0 Å². The molecule has 0 spiro atoms. The molecule has 2 nitrogen and oxygen atoms in total. The Morgan fingerprint density at radius 1 is 1.37 bits per heavy atom. The molecule has 1 amide bonds. The third kappa shape index (κ3) is 3.14. The quantitative estimate of drug-likeness (QED) is 0.837. The lowest BCUT2D eigenvalue weighted by Gasteiger charge is -2.19. The molecule has 1 saturated carbocycles. The predicted molar refractivity (Wildman–Crippen MR) is 74.4 cm³/mol. The average Bonchev–Trinajstić information content (AvgIpc) is 3.19. The molecule has 1 aliphatic carbocycles. The summed E-state index contributed by atoms with van der Waals surface area (Å²) in [6.45, 7) is 4.70. The van der Waals surface area contributed by atoms with E-state index >= 15 is 0 Å². The molecule has 0 unspecified atom stereocenters. The van der Waals surface area contributed by atoms with E-state index < -0.39 is 0 Å². The van der Waals surface area contributed by atoms with E-state index in [4.69, 9.17) is 0 Å². The zero-order chi connectivity index (χ0) is 13.9. The van der Waals surface area contributed by atoms with Crippen LogP contribution >= 0.6 is 0 Å². The highest BCUT2D eigenvalue weighted by Crippen LogP contribution is 2.47. The number of benzene rings is 1. The molecular formula is C16H22FNO. The van der Waals surface area contributed by atoms with Crippen LogP contribution in [0.5, 0.6) is 0 Å². The highest BCUT2D eigenvalue weighted by Gasteiger charge is 2.44. The van der Waals surface area contributed by atoms with E-state index in [0.29, 0.717) is 6.54 Å². The molecule has 0 aliphatic heterocycles. The fourth-order valence-electron chi connectivity index (χ4n) is 2.60. The van der Waals surface area contributed by atoms with Crippen LogP contribution in [0.15, 0.2) is 24.3 Å². The summed E-state index contributed by atoms with van der Waals surface area (Å²) in [7, 11) is 0. The van der Waals surface area contributed by atoms with Gasteiger partial charge in [0, 0.05) is 17.9 Å². The molecule has 1 aromatic rings. The van der Waals surface area contributed by atoms with Gasteiger partial charge in [0.1, 0.15) is 5.82 Å². The Hall–Kier alpha value is -1.38. The number of carbonyl (C=O) groups is 1. The van der Waals surface area contributed by atoms with Crippen LogP contribution in [0.1, 0.15) is 45.1 Å². The lowest BCUT2D eigenvalue weighted by atomic mass is 9.95. The fourth-order valence-corrected chi connectivity index (χ4v) is 2.60. The van der Waals surface area contributed by atoms with Gasteiger partial charge in [-0.05, 0) is 43.4 Å². The lowest BCUT2D eigenvalue weighted by Crippen LogP contribution is -2.36. The zero-order valence-electron chi connectivity index (χ0n) is 11.7. The van der Waals surface area contributed by atoms with Crippen molar-refractivity contribution in [2.45, 2.75) is 44.9 Å². The van der Waals surface area contributed by atoms with Crippen LogP contribution in [0, 0.1) is 11.7 Å². The van der Waals surface area contributed by atoms with Gasteiger partial charge in [-0.3, -0.25) is 4.79 Å². The number of amides is 1. The Bertz CT molecular complexity index is 450. The van der Waals surface area contributed by atoms with Crippen molar-refractivity contribution in [2.75, 3.05) is 6.54 Å². The molecule has 1 aliphatic rings. The number of hydrogen-bond acceptors (Lipinski definition) is 1. The van der Waals surface area contributed by atoms with Gasteiger partial charge in [0.2, 0.25) is 5.91 Å². The largest absolute Gasteiger partial charge is 0.355 e. The molecule has 0 radical (unpaired) electrons. The molecule has 3 heteroatoms. The summed E-state index contributed by atoms with van der Waals surface area (Å²) in [5.74, 6) is 0.0334. The molecule has 0 bridgehead atoms. The summed E-state index contributed by atoms with van der Waals surface area (Å²) in [5.41, 5.74) is 0.987. The van der Waals surface area contributed by atoms with Crippen molar-refractivity contribution >= 4 is 5.91 Å². The molecule has 0 atom stereocenters. The molecular weight excluding hydrogens is 241 g/mol. The number of rotatable bonds is 6. The number of nitrogens with one attached hydrogen (secondary N) is 1. The molecule has 1 N–H and O–H groups in total. The van der Waals surface area contributed by atoms with E-state index in [2.05, 4.69) is 5.32 Å². The molecule has 19 heavy (non-hydrogen) atoms. The molecule has 0 heterocycles. The summed E-state index contributed by atoms with van der Waals surface area (Å²) in [4.78, 5) is 12.0. The van der Waals surface area contributed by atoms with Crippen molar-refractivity contribution in [3.05, 3.63) is 35.6 Å². The van der Waals surface area contributed by atoms with E-state index in [9.17, 15) is 9.18 Å². The van der Waals surface area contributed by atoms with Crippen LogP contribution in [-0.2, 0) is 10.2 Å². The second kappa shape index (κ2) is 5.72. The normalized spacial score (nSPS) is 16.4. The van der Waals surface area contributed by atoms with E-state index in [-0.39, 0.29) is 23.1 Å². The van der Waals surface area contributed by atoms with Crippen molar-refractivity contribution in [3.63, 3.8) is 0 Å². The molecule has 0 saturated heterocycles. The molecule has 0 aromatic heterocycles. The Labute approximate surface area is 114 Å². The standard InChI is InChI=1S/C16H22FNO/c1-3-12(4-2)15(19)18-11-16(8-9-16)13-6-5-7-14(17)10-13/h5-7,10,12H,3-4,8-9,11H2,1-2H3,(H,18,19). The Morgan fingerprint density at radius 2 is 2.05 bits per heavy atom. The molecule has 104 valence electrons. The zero-order valence-corrected chi connectivity index (χ0v) is 11.7. The summed E-state index contributed by atoms with van der Waals surface area (Å²) in [5, 5.41) is 3.04. The number of hydrogen-bond donors (Lipinski definition) is 1. The molecule has 2 rings (SSSR count). The first-order valence-electron chi connectivity index (χ1n) is 7.15. The third-order valence-corrected chi connectivity index (χ3v) is 4.25. The first-order chi connectivity index (χ1) is 9.11. The lowest BCUT2D eigenvalue weighted by molar-refractivity contribution is -0.125. The van der Waals surface area contributed by atoms with Crippen molar-refractivity contribution < 1.29 is 9.18 Å². The van der Waals surface area contributed by atoms with Crippen molar-refractivity contribution in [3.8, 4) is 0 Å². The predicted octanol–water partition coefficient (Wildman–Crippen LogP) is 3.41. The topological polar surface area (TPSA) is 29.1 Å². The number of halogens is 1. The minimum Gasteiger partial charge on any atom is -0.355 e. The maximum atomic E-state index is 13.3. The third-order valence-electron chi connectivity index (χ3n) is 4.25. The minimum atomic E-state index is -0.199. The summed E-state index contributed by atoms with van der Waals surface area (Å²) in [6, 6.07) is 6.76. The summed E-state index contributed by atoms with van der Waals surface area (Å²) >= 11 is 0. The van der Waals surface area contributed by atoms with Gasteiger partial charge < -0.3 is 5.32 Å². The van der Waals surface area contributed by atoms with Crippen LogP contribution in [0.2, 0.25) is 0 Å². The van der Waals surface area contributed by atoms with Gasteiger partial charge >= 0.3 is 0 Å². The van der Waals surface area contributed by atoms with Gasteiger partial charge in [-0.1, -0.05) is 26.0 Å². The van der Waals surface area contributed by atoms with E-state index in [1.54, 1.807) is 12.1 Å². The number of carbonyl (C=O) groups excluding carboxylic acids is 1. The van der Waals surface area contributed by atoms with Gasteiger partial charge in [0.05, 0.1) is 0 Å². The van der Waals surface area contributed by atoms with E-state index in [1.807, 2.05) is 19.9 Å². The summed E-state index contributed by atoms with van der Waals surface area (Å²) in [6.07, 6.45) is 3.80. The molecule has 1 fully saturated rings. The maximum Gasteiger partial charge on any atom is 0.223 e. The Morgan fingerprint density at radius 3 is 2.58 bits per heavy atom.